The summed E-state index contributed by atoms with van der Waals surface area (Å²) in [5.74, 6) is -0.355. The molecule has 10 nitrogen and oxygen atoms in total. The van der Waals surface area contributed by atoms with Crippen LogP contribution < -0.4 is 21.2 Å². The third-order valence-corrected chi connectivity index (χ3v) is 6.72. The smallest absolute Gasteiger partial charge is 0.326 e. The molecule has 2 aromatic rings. The molecule has 0 bridgehead atoms. The Hall–Kier alpha value is -2.32. The van der Waals surface area contributed by atoms with Gasteiger partial charge in [-0.25, -0.2) is 0 Å². The summed E-state index contributed by atoms with van der Waals surface area (Å²) in [5.41, 5.74) is 0.944. The molecular formula is C21H28N2O8P2. The second kappa shape index (κ2) is 12.2. The first-order chi connectivity index (χ1) is 15.4. The highest BCUT2D eigenvalue weighted by molar-refractivity contribution is 7.60. The number of benzene rings is 2. The Labute approximate surface area is 191 Å². The lowest BCUT2D eigenvalue weighted by molar-refractivity contribution is -0.117. The van der Waals surface area contributed by atoms with Gasteiger partial charge in [-0.15, -0.1) is 0 Å². The molecule has 0 spiro atoms. The van der Waals surface area contributed by atoms with E-state index in [9.17, 15) is 18.7 Å². The first-order valence-electron chi connectivity index (χ1n) is 10.4. The fourth-order valence-corrected chi connectivity index (χ4v) is 4.10. The van der Waals surface area contributed by atoms with Crippen LogP contribution >= 0.6 is 15.2 Å². The van der Waals surface area contributed by atoms with Gasteiger partial charge >= 0.3 is 15.2 Å². The Balaban J connectivity index is 1.56. The summed E-state index contributed by atoms with van der Waals surface area (Å²) >= 11 is 0. The lowest BCUT2D eigenvalue weighted by atomic mass is 10.1. The molecule has 0 unspecified atom stereocenters. The van der Waals surface area contributed by atoms with Crippen LogP contribution in [0.3, 0.4) is 0 Å². The third-order valence-electron chi connectivity index (χ3n) is 4.78. The van der Waals surface area contributed by atoms with Crippen molar-refractivity contribution in [3.05, 3.63) is 48.5 Å². The molecule has 12 heteroatoms. The molecule has 0 saturated carbocycles. The number of hydrogen-bond acceptors (Lipinski definition) is 4. The van der Waals surface area contributed by atoms with Crippen molar-refractivity contribution < 1.29 is 38.3 Å². The molecule has 0 aromatic heterocycles. The summed E-state index contributed by atoms with van der Waals surface area (Å²) in [4.78, 5) is 60.2. The van der Waals surface area contributed by atoms with Crippen molar-refractivity contribution in [3.8, 4) is 0 Å². The fraction of sp³-hybridized carbons (Fsp3) is 0.333. The van der Waals surface area contributed by atoms with Crippen LogP contribution in [0.4, 0.5) is 11.4 Å². The molecule has 33 heavy (non-hydrogen) atoms. The number of carbonyl (C=O) groups excluding carboxylic acids is 2. The van der Waals surface area contributed by atoms with Crippen molar-refractivity contribution in [1.82, 2.24) is 0 Å². The molecule has 0 aliphatic carbocycles. The summed E-state index contributed by atoms with van der Waals surface area (Å²) in [6.45, 7) is 0. The van der Waals surface area contributed by atoms with Crippen LogP contribution in [0.15, 0.2) is 48.5 Å². The Morgan fingerprint density at radius 2 is 0.879 bits per heavy atom. The van der Waals surface area contributed by atoms with Crippen LogP contribution in [0.5, 0.6) is 0 Å². The molecule has 0 atom stereocenters. The molecule has 0 aliphatic heterocycles. The number of amides is 2. The molecule has 6 N–H and O–H groups in total. The summed E-state index contributed by atoms with van der Waals surface area (Å²) in [7, 11) is -8.60. The van der Waals surface area contributed by atoms with Gasteiger partial charge in [0.15, 0.2) is 0 Å². The minimum atomic E-state index is -4.30. The number of unbranched alkanes of at least 4 members (excludes halogenated alkanes) is 4. The van der Waals surface area contributed by atoms with Gasteiger partial charge in [-0.1, -0.05) is 19.3 Å². The second-order valence-corrected chi connectivity index (χ2v) is 10.8. The van der Waals surface area contributed by atoms with Crippen LogP contribution in [-0.4, -0.2) is 31.4 Å². The number of carbonyl (C=O) groups is 2. The van der Waals surface area contributed by atoms with E-state index in [1.54, 1.807) is 0 Å². The van der Waals surface area contributed by atoms with Gasteiger partial charge in [-0.05, 0) is 61.4 Å². The summed E-state index contributed by atoms with van der Waals surface area (Å²) < 4.78 is 22.3. The Morgan fingerprint density at radius 3 is 1.18 bits per heavy atom. The van der Waals surface area contributed by atoms with Crippen molar-refractivity contribution in [3.63, 3.8) is 0 Å². The number of anilines is 2. The maximum Gasteiger partial charge on any atom is 0.356 e. The molecule has 0 heterocycles. The summed E-state index contributed by atoms with van der Waals surface area (Å²) in [6.07, 6.45) is 4.55. The average molecular weight is 498 g/mol. The lowest BCUT2D eigenvalue weighted by Gasteiger charge is -2.08. The van der Waals surface area contributed by atoms with Crippen molar-refractivity contribution in [2.75, 3.05) is 10.6 Å². The zero-order valence-corrected chi connectivity index (χ0v) is 19.7. The topological polar surface area (TPSA) is 173 Å². The van der Waals surface area contributed by atoms with Gasteiger partial charge in [-0.2, -0.15) is 0 Å². The lowest BCUT2D eigenvalue weighted by Crippen LogP contribution is -2.12. The predicted octanol–water partition coefficient (Wildman–Crippen LogP) is 2.60. The van der Waals surface area contributed by atoms with Crippen LogP contribution in [0, 0.1) is 0 Å². The van der Waals surface area contributed by atoms with Crippen LogP contribution in [0.2, 0.25) is 0 Å². The van der Waals surface area contributed by atoms with Gasteiger partial charge < -0.3 is 30.2 Å². The van der Waals surface area contributed by atoms with Crippen LogP contribution in [0.25, 0.3) is 0 Å². The molecule has 2 aromatic carbocycles. The molecular weight excluding hydrogens is 470 g/mol. The predicted molar refractivity (Wildman–Crippen MR) is 126 cm³/mol. The zero-order valence-electron chi connectivity index (χ0n) is 17.9. The van der Waals surface area contributed by atoms with E-state index >= 15 is 0 Å². The molecule has 0 aliphatic rings. The summed E-state index contributed by atoms with van der Waals surface area (Å²) in [5, 5.41) is 5.16. The third kappa shape index (κ3) is 10.0. The van der Waals surface area contributed by atoms with E-state index in [0.717, 1.165) is 19.3 Å². The normalized spacial score (nSPS) is 11.8. The first-order valence-corrected chi connectivity index (χ1v) is 13.6. The molecule has 0 fully saturated rings. The monoisotopic (exact) mass is 498 g/mol. The van der Waals surface area contributed by atoms with Gasteiger partial charge in [0.2, 0.25) is 11.8 Å². The van der Waals surface area contributed by atoms with E-state index in [2.05, 4.69) is 10.6 Å². The second-order valence-electron chi connectivity index (χ2n) is 7.55. The van der Waals surface area contributed by atoms with Crippen LogP contribution in [-0.2, 0) is 18.7 Å². The largest absolute Gasteiger partial charge is 0.356 e. The van der Waals surface area contributed by atoms with E-state index in [0.29, 0.717) is 37.1 Å². The number of nitrogens with one attached hydrogen (secondary N) is 2. The fourth-order valence-electron chi connectivity index (χ4n) is 3.03. The van der Waals surface area contributed by atoms with E-state index in [1.165, 1.54) is 48.5 Å². The van der Waals surface area contributed by atoms with Crippen molar-refractivity contribution in [1.29, 1.82) is 0 Å². The maximum atomic E-state index is 12.0. The van der Waals surface area contributed by atoms with Gasteiger partial charge in [0.05, 0.1) is 10.6 Å². The van der Waals surface area contributed by atoms with E-state index in [-0.39, 0.29) is 22.4 Å². The van der Waals surface area contributed by atoms with Gasteiger partial charge in [0.25, 0.3) is 0 Å². The van der Waals surface area contributed by atoms with E-state index in [1.807, 2.05) is 0 Å². The van der Waals surface area contributed by atoms with E-state index in [4.69, 9.17) is 19.6 Å². The molecule has 2 rings (SSSR count). The summed E-state index contributed by atoms with van der Waals surface area (Å²) in [6, 6.07) is 10.9. The van der Waals surface area contributed by atoms with Gasteiger partial charge in [0, 0.05) is 24.2 Å². The Kier molecular flexibility index (Phi) is 9.98. The first kappa shape index (κ1) is 26.9. The Bertz CT molecular complexity index is 946. The molecule has 180 valence electrons. The quantitative estimate of drug-likeness (QED) is 0.191. The average Bonchev–Trinajstić information content (AvgIpc) is 2.72. The highest BCUT2D eigenvalue weighted by Gasteiger charge is 2.17. The van der Waals surface area contributed by atoms with Crippen molar-refractivity contribution in [2.24, 2.45) is 0 Å². The van der Waals surface area contributed by atoms with Crippen LogP contribution in [0.1, 0.15) is 44.9 Å². The van der Waals surface area contributed by atoms with Gasteiger partial charge in [-0.3, -0.25) is 18.7 Å². The molecule has 0 radical (unpaired) electrons. The maximum absolute atomic E-state index is 12.0. The minimum Gasteiger partial charge on any atom is -0.326 e. The standard InChI is InChI=1S/C21H28N2O8P2/c24-20(22-16-8-12-18(13-9-16)32(26,27)28)6-4-2-1-3-5-7-21(25)23-17-10-14-19(15-11-17)33(29,30)31/h8-15H,1-7H2,(H,22,24)(H,23,25)(H2,26,27,28)(H2,29,30,31). The highest BCUT2D eigenvalue weighted by Crippen LogP contribution is 2.34. The molecule has 0 saturated heterocycles. The molecule has 2 amide bonds. The van der Waals surface area contributed by atoms with E-state index < -0.39 is 15.2 Å². The number of rotatable bonds is 12. The SMILES string of the molecule is O=C(CCCCCCCC(=O)Nc1ccc(P(=O)(O)O)cc1)Nc1ccc(P(=O)(O)O)cc1. The van der Waals surface area contributed by atoms with Gasteiger partial charge in [0.1, 0.15) is 0 Å². The van der Waals surface area contributed by atoms with Crippen molar-refractivity contribution >= 4 is 49.0 Å². The van der Waals surface area contributed by atoms with Crippen molar-refractivity contribution in [2.45, 2.75) is 44.9 Å². The Morgan fingerprint density at radius 1 is 0.576 bits per heavy atom. The number of hydrogen-bond donors (Lipinski definition) is 6. The highest BCUT2D eigenvalue weighted by atomic mass is 31.2. The minimum absolute atomic E-state index is 0.105. The zero-order chi connectivity index (χ0) is 24.5.